The first-order valence-electron chi connectivity index (χ1n) is 10.3. The number of benzene rings is 3. The van der Waals surface area contributed by atoms with Gasteiger partial charge in [-0.05, 0) is 34.9 Å². The van der Waals surface area contributed by atoms with Crippen LogP contribution in [0.2, 0.25) is 0 Å². The van der Waals surface area contributed by atoms with Crippen LogP contribution in [0.25, 0.3) is 6.08 Å². The fourth-order valence-corrected chi connectivity index (χ4v) is 3.81. The molecule has 5 nitrogen and oxygen atoms in total. The third-order valence-corrected chi connectivity index (χ3v) is 5.42. The number of aliphatic hydroxyl groups excluding tert-OH is 1. The van der Waals surface area contributed by atoms with Gasteiger partial charge in [0.05, 0.1) is 18.7 Å². The Hall–Kier alpha value is -4.12. The molecule has 4 rings (SSSR count). The number of nitrogens with zero attached hydrogens (tertiary/aromatic N) is 1. The molecule has 1 heterocycles. The lowest BCUT2D eigenvalue weighted by Crippen LogP contribution is -2.30. The Bertz CT molecular complexity index is 1170. The zero-order chi connectivity index (χ0) is 22.5. The van der Waals surface area contributed by atoms with Crippen LogP contribution in [0.5, 0.6) is 5.75 Å². The molecule has 1 unspecified atom stereocenters. The molecule has 3 aromatic carbocycles. The van der Waals surface area contributed by atoms with Gasteiger partial charge in [-0.15, -0.1) is 0 Å². The van der Waals surface area contributed by atoms with E-state index >= 15 is 0 Å². The van der Waals surface area contributed by atoms with Gasteiger partial charge < -0.3 is 14.7 Å². The number of hydrogen-bond donors (Lipinski definition) is 1. The summed E-state index contributed by atoms with van der Waals surface area (Å²) in [6.45, 7) is 0.264. The monoisotopic (exact) mass is 425 g/mol. The molecular weight excluding hydrogens is 402 g/mol. The smallest absolute Gasteiger partial charge is 0.290 e. The minimum atomic E-state index is -0.707. The van der Waals surface area contributed by atoms with Crippen molar-refractivity contribution >= 4 is 17.8 Å². The first-order chi connectivity index (χ1) is 15.6. The third kappa shape index (κ3) is 4.32. The zero-order valence-corrected chi connectivity index (χ0v) is 17.6. The van der Waals surface area contributed by atoms with E-state index in [4.69, 9.17) is 4.74 Å². The molecule has 1 amide bonds. The van der Waals surface area contributed by atoms with Crippen LogP contribution in [0.4, 0.5) is 0 Å². The van der Waals surface area contributed by atoms with E-state index in [2.05, 4.69) is 0 Å². The normalized spacial score (nSPS) is 16.1. The fraction of sp³-hybridized carbons (Fsp3) is 0.111. The number of ether oxygens (including phenoxy) is 1. The summed E-state index contributed by atoms with van der Waals surface area (Å²) in [4.78, 5) is 27.7. The summed E-state index contributed by atoms with van der Waals surface area (Å²) in [7, 11) is 1.57. The largest absolute Gasteiger partial charge is 0.503 e. The number of carbonyl (C=O) groups excluding carboxylic acids is 2. The van der Waals surface area contributed by atoms with E-state index in [1.54, 1.807) is 25.3 Å². The lowest BCUT2D eigenvalue weighted by Gasteiger charge is -2.27. The standard InChI is InChI=1S/C27H23NO4/c1-32-22-15-13-21(14-16-22)25-24(23(29)17-12-19-8-4-2-5-9-19)26(30)27(31)28(25)18-20-10-6-3-7-11-20/h2-17,25,30H,18H2,1H3/b17-12+. The number of hydrogen-bond acceptors (Lipinski definition) is 4. The molecule has 0 aromatic heterocycles. The molecule has 0 saturated carbocycles. The van der Waals surface area contributed by atoms with Crippen LogP contribution in [-0.4, -0.2) is 28.8 Å². The Labute approximate surface area is 186 Å². The SMILES string of the molecule is COc1ccc(C2C(C(=O)/C=C/c3ccccc3)=C(O)C(=O)N2Cc2ccccc2)cc1. The van der Waals surface area contributed by atoms with Crippen LogP contribution < -0.4 is 4.74 Å². The topological polar surface area (TPSA) is 66.8 Å². The van der Waals surface area contributed by atoms with Crippen molar-refractivity contribution in [3.63, 3.8) is 0 Å². The van der Waals surface area contributed by atoms with Crippen LogP contribution in [0.3, 0.4) is 0 Å². The molecular formula is C27H23NO4. The Morgan fingerprint density at radius 2 is 1.59 bits per heavy atom. The van der Waals surface area contributed by atoms with Gasteiger partial charge in [0.2, 0.25) is 0 Å². The van der Waals surface area contributed by atoms with Gasteiger partial charge in [-0.1, -0.05) is 78.9 Å². The van der Waals surface area contributed by atoms with Crippen LogP contribution in [0.1, 0.15) is 22.7 Å². The summed E-state index contributed by atoms with van der Waals surface area (Å²) < 4.78 is 5.24. The molecule has 0 aliphatic carbocycles. The minimum absolute atomic E-state index is 0.0725. The molecule has 0 radical (unpaired) electrons. The van der Waals surface area contributed by atoms with Crippen molar-refractivity contribution in [2.75, 3.05) is 7.11 Å². The van der Waals surface area contributed by atoms with Gasteiger partial charge in [-0.3, -0.25) is 9.59 Å². The van der Waals surface area contributed by atoms with E-state index < -0.39 is 23.5 Å². The molecule has 3 aromatic rings. The van der Waals surface area contributed by atoms with Crippen molar-refractivity contribution in [2.24, 2.45) is 0 Å². The van der Waals surface area contributed by atoms with Crippen LogP contribution >= 0.6 is 0 Å². The summed E-state index contributed by atoms with van der Waals surface area (Å²) in [5.74, 6) is -0.815. The van der Waals surface area contributed by atoms with E-state index in [1.165, 1.54) is 11.0 Å². The second-order valence-corrected chi connectivity index (χ2v) is 7.46. The molecule has 1 aliphatic rings. The molecule has 0 fully saturated rings. The van der Waals surface area contributed by atoms with E-state index in [0.29, 0.717) is 5.75 Å². The van der Waals surface area contributed by atoms with Gasteiger partial charge in [0, 0.05) is 6.54 Å². The Morgan fingerprint density at radius 3 is 2.22 bits per heavy atom. The molecule has 0 saturated heterocycles. The highest BCUT2D eigenvalue weighted by molar-refractivity contribution is 6.14. The summed E-state index contributed by atoms with van der Waals surface area (Å²) in [5, 5.41) is 10.7. The van der Waals surface area contributed by atoms with Crippen LogP contribution in [-0.2, 0) is 16.1 Å². The van der Waals surface area contributed by atoms with Gasteiger partial charge in [0.15, 0.2) is 11.5 Å². The van der Waals surface area contributed by atoms with E-state index in [1.807, 2.05) is 72.8 Å². The average molecular weight is 425 g/mol. The first-order valence-corrected chi connectivity index (χ1v) is 10.3. The first kappa shape index (κ1) is 21.1. The van der Waals surface area contributed by atoms with Gasteiger partial charge in [-0.25, -0.2) is 0 Å². The minimum Gasteiger partial charge on any atom is -0.503 e. The molecule has 0 bridgehead atoms. The highest BCUT2D eigenvalue weighted by Gasteiger charge is 2.42. The predicted molar refractivity (Wildman–Crippen MR) is 123 cm³/mol. The number of carbonyl (C=O) groups is 2. The van der Waals surface area contributed by atoms with Crippen molar-refractivity contribution in [2.45, 2.75) is 12.6 Å². The Balaban J connectivity index is 1.72. The fourth-order valence-electron chi connectivity index (χ4n) is 3.81. The van der Waals surface area contributed by atoms with Gasteiger partial charge in [0.1, 0.15) is 5.75 Å². The summed E-state index contributed by atoms with van der Waals surface area (Å²) >= 11 is 0. The number of allylic oxidation sites excluding steroid dienone is 1. The number of aliphatic hydroxyl groups is 1. The molecule has 1 atom stereocenters. The number of ketones is 1. The second kappa shape index (κ2) is 9.35. The van der Waals surface area contributed by atoms with Crippen molar-refractivity contribution < 1.29 is 19.4 Å². The second-order valence-electron chi connectivity index (χ2n) is 7.46. The zero-order valence-electron chi connectivity index (χ0n) is 17.6. The van der Waals surface area contributed by atoms with Crippen molar-refractivity contribution in [3.05, 3.63) is 119 Å². The van der Waals surface area contributed by atoms with Gasteiger partial charge in [-0.2, -0.15) is 0 Å². The van der Waals surface area contributed by atoms with Crippen molar-refractivity contribution in [3.8, 4) is 5.75 Å². The molecule has 160 valence electrons. The van der Waals surface area contributed by atoms with E-state index in [9.17, 15) is 14.7 Å². The number of amides is 1. The van der Waals surface area contributed by atoms with Crippen LogP contribution in [0.15, 0.2) is 102 Å². The van der Waals surface area contributed by atoms with Crippen molar-refractivity contribution in [1.29, 1.82) is 0 Å². The quantitative estimate of drug-likeness (QED) is 0.548. The van der Waals surface area contributed by atoms with E-state index in [-0.39, 0.29) is 12.1 Å². The Morgan fingerprint density at radius 1 is 0.969 bits per heavy atom. The summed E-state index contributed by atoms with van der Waals surface area (Å²) in [5.41, 5.74) is 2.55. The number of methoxy groups -OCH3 is 1. The highest BCUT2D eigenvalue weighted by atomic mass is 16.5. The van der Waals surface area contributed by atoms with Gasteiger partial charge in [0.25, 0.3) is 5.91 Å². The Kier molecular flexibility index (Phi) is 6.17. The molecule has 1 aliphatic heterocycles. The van der Waals surface area contributed by atoms with Gasteiger partial charge >= 0.3 is 0 Å². The van der Waals surface area contributed by atoms with E-state index in [0.717, 1.165) is 16.7 Å². The summed E-state index contributed by atoms with van der Waals surface area (Å²) in [6, 6.07) is 25.3. The third-order valence-electron chi connectivity index (χ3n) is 5.42. The summed E-state index contributed by atoms with van der Waals surface area (Å²) in [6.07, 6.45) is 3.08. The maximum absolute atomic E-state index is 13.2. The lowest BCUT2D eigenvalue weighted by molar-refractivity contribution is -0.130. The molecule has 0 spiro atoms. The predicted octanol–water partition coefficient (Wildman–Crippen LogP) is 4.87. The highest BCUT2D eigenvalue weighted by Crippen LogP contribution is 2.39. The number of rotatable bonds is 7. The van der Waals surface area contributed by atoms with Crippen LogP contribution in [0, 0.1) is 0 Å². The maximum atomic E-state index is 13.2. The maximum Gasteiger partial charge on any atom is 0.290 e. The average Bonchev–Trinajstić information content (AvgIpc) is 3.09. The molecule has 1 N–H and O–H groups in total. The molecule has 5 heteroatoms. The molecule has 32 heavy (non-hydrogen) atoms. The lowest BCUT2D eigenvalue weighted by atomic mass is 9.95. The van der Waals surface area contributed by atoms with Crippen molar-refractivity contribution in [1.82, 2.24) is 4.90 Å².